The lowest BCUT2D eigenvalue weighted by molar-refractivity contribution is -0.0532. The van der Waals surface area contributed by atoms with Gasteiger partial charge in [-0.1, -0.05) is 15.9 Å². The number of halogens is 1. The first-order valence-corrected chi connectivity index (χ1v) is 4.84. The van der Waals surface area contributed by atoms with Crippen molar-refractivity contribution in [3.05, 3.63) is 0 Å². The van der Waals surface area contributed by atoms with E-state index in [-0.39, 0.29) is 11.7 Å². The molecule has 0 heterocycles. The summed E-state index contributed by atoms with van der Waals surface area (Å²) in [5.74, 6) is 0. The summed E-state index contributed by atoms with van der Waals surface area (Å²) in [6.45, 7) is 6.75. The van der Waals surface area contributed by atoms with Gasteiger partial charge >= 0.3 is 0 Å². The maximum atomic E-state index is 5.52. The molecule has 0 aliphatic heterocycles. The van der Waals surface area contributed by atoms with Crippen molar-refractivity contribution in [1.29, 1.82) is 0 Å². The fraction of sp³-hybridized carbons (Fsp3) is 1.00. The molecule has 0 rings (SSSR count). The summed E-state index contributed by atoms with van der Waals surface area (Å²) in [6, 6.07) is 0. The third-order valence-corrected chi connectivity index (χ3v) is 1.93. The molecule has 0 saturated heterocycles. The van der Waals surface area contributed by atoms with Crippen LogP contribution in [0.5, 0.6) is 0 Å². The molecule has 0 aromatic carbocycles. The van der Waals surface area contributed by atoms with Crippen molar-refractivity contribution in [2.24, 2.45) is 0 Å². The normalized spacial score (nSPS) is 15.0. The van der Waals surface area contributed by atoms with Crippen molar-refractivity contribution in [3.8, 4) is 0 Å². The van der Waals surface area contributed by atoms with Crippen LogP contribution in [0.1, 0.15) is 20.8 Å². The minimum Gasteiger partial charge on any atom is -0.378 e. The largest absolute Gasteiger partial charge is 0.378 e. The molecule has 0 unspecified atom stereocenters. The summed E-state index contributed by atoms with van der Waals surface area (Å²) in [7, 11) is 1.69. The predicted octanol–water partition coefficient (Wildman–Crippen LogP) is 2.21. The van der Waals surface area contributed by atoms with Gasteiger partial charge < -0.3 is 9.47 Å². The first kappa shape index (κ1) is 11.4. The van der Waals surface area contributed by atoms with Crippen LogP contribution in [0.15, 0.2) is 0 Å². The Morgan fingerprint density at radius 2 is 1.91 bits per heavy atom. The number of ether oxygens (including phenoxy) is 2. The zero-order chi connectivity index (χ0) is 8.91. The van der Waals surface area contributed by atoms with Gasteiger partial charge in [0.1, 0.15) is 0 Å². The molecule has 0 N–H and O–H groups in total. The fourth-order valence-electron chi connectivity index (χ4n) is 0.519. The van der Waals surface area contributed by atoms with E-state index in [1.807, 2.05) is 20.8 Å². The predicted molar refractivity (Wildman–Crippen MR) is 50.3 cm³/mol. The van der Waals surface area contributed by atoms with Crippen LogP contribution in [-0.4, -0.2) is 30.8 Å². The number of methoxy groups -OCH3 is 1. The smallest absolute Gasteiger partial charge is 0.0901 e. The zero-order valence-corrected chi connectivity index (χ0v) is 9.27. The fourth-order valence-corrected chi connectivity index (χ4v) is 0.970. The highest BCUT2D eigenvalue weighted by atomic mass is 79.9. The standard InChI is InChI=1S/C8H17BrO2/c1-8(2,3)11-6-7(5-9)10-4/h7H,5-6H2,1-4H3/t7-/m1/s1. The van der Waals surface area contributed by atoms with Crippen LogP contribution in [0.25, 0.3) is 0 Å². The van der Waals surface area contributed by atoms with Crippen LogP contribution >= 0.6 is 15.9 Å². The highest BCUT2D eigenvalue weighted by Gasteiger charge is 2.13. The first-order chi connectivity index (χ1) is 4.99. The summed E-state index contributed by atoms with van der Waals surface area (Å²) in [6.07, 6.45) is 0.161. The van der Waals surface area contributed by atoms with Crippen molar-refractivity contribution in [2.75, 3.05) is 19.0 Å². The Hall–Kier alpha value is 0.400. The molecule has 0 aliphatic carbocycles. The van der Waals surface area contributed by atoms with Crippen LogP contribution in [-0.2, 0) is 9.47 Å². The van der Waals surface area contributed by atoms with Gasteiger partial charge in [-0.3, -0.25) is 0 Å². The van der Waals surface area contributed by atoms with Crippen LogP contribution in [0, 0.1) is 0 Å². The monoisotopic (exact) mass is 224 g/mol. The molecular formula is C8H17BrO2. The van der Waals surface area contributed by atoms with Crippen molar-refractivity contribution in [3.63, 3.8) is 0 Å². The van der Waals surface area contributed by atoms with Crippen molar-refractivity contribution in [1.82, 2.24) is 0 Å². The second kappa shape index (κ2) is 5.12. The van der Waals surface area contributed by atoms with Gasteiger partial charge in [0.2, 0.25) is 0 Å². The molecule has 3 heteroatoms. The lowest BCUT2D eigenvalue weighted by atomic mass is 10.2. The molecule has 11 heavy (non-hydrogen) atoms. The SMILES string of the molecule is CO[C@H](CBr)COC(C)(C)C. The topological polar surface area (TPSA) is 18.5 Å². The molecule has 2 nitrogen and oxygen atoms in total. The zero-order valence-electron chi connectivity index (χ0n) is 7.69. The lowest BCUT2D eigenvalue weighted by Gasteiger charge is -2.22. The molecule has 0 aromatic rings. The van der Waals surface area contributed by atoms with E-state index < -0.39 is 0 Å². The molecule has 0 aliphatic rings. The maximum absolute atomic E-state index is 5.52. The maximum Gasteiger partial charge on any atom is 0.0901 e. The Morgan fingerprint density at radius 3 is 2.18 bits per heavy atom. The highest BCUT2D eigenvalue weighted by molar-refractivity contribution is 9.09. The van der Waals surface area contributed by atoms with E-state index in [2.05, 4.69) is 15.9 Å². The summed E-state index contributed by atoms with van der Waals surface area (Å²) < 4.78 is 10.6. The minimum atomic E-state index is -0.0705. The number of alkyl halides is 1. The molecule has 0 fully saturated rings. The minimum absolute atomic E-state index is 0.0705. The molecule has 0 amide bonds. The summed E-state index contributed by atoms with van der Waals surface area (Å²) in [5, 5.41) is 0.819. The number of hydrogen-bond donors (Lipinski definition) is 0. The van der Waals surface area contributed by atoms with E-state index in [4.69, 9.17) is 9.47 Å². The van der Waals surface area contributed by atoms with Crippen LogP contribution in [0.3, 0.4) is 0 Å². The third kappa shape index (κ3) is 6.78. The van der Waals surface area contributed by atoms with Gasteiger partial charge in [-0.25, -0.2) is 0 Å². The summed E-state index contributed by atoms with van der Waals surface area (Å²) >= 11 is 3.34. The van der Waals surface area contributed by atoms with Crippen molar-refractivity contribution >= 4 is 15.9 Å². The van der Waals surface area contributed by atoms with Gasteiger partial charge in [0.05, 0.1) is 18.3 Å². The average molecular weight is 225 g/mol. The molecule has 1 atom stereocenters. The Balaban J connectivity index is 3.51. The van der Waals surface area contributed by atoms with E-state index in [1.54, 1.807) is 7.11 Å². The van der Waals surface area contributed by atoms with Crippen LogP contribution in [0.2, 0.25) is 0 Å². The van der Waals surface area contributed by atoms with Crippen molar-refractivity contribution in [2.45, 2.75) is 32.5 Å². The quantitative estimate of drug-likeness (QED) is 0.683. The molecule has 0 spiro atoms. The molecule has 68 valence electrons. The summed E-state index contributed by atoms with van der Waals surface area (Å²) in [4.78, 5) is 0. The van der Waals surface area contributed by atoms with E-state index in [1.165, 1.54) is 0 Å². The molecular weight excluding hydrogens is 208 g/mol. The molecule has 0 aromatic heterocycles. The third-order valence-electron chi connectivity index (χ3n) is 1.21. The Morgan fingerprint density at radius 1 is 1.36 bits per heavy atom. The molecule has 0 saturated carbocycles. The van der Waals surface area contributed by atoms with Gasteiger partial charge in [0.15, 0.2) is 0 Å². The number of hydrogen-bond acceptors (Lipinski definition) is 2. The first-order valence-electron chi connectivity index (χ1n) is 3.72. The van der Waals surface area contributed by atoms with E-state index in [9.17, 15) is 0 Å². The Labute approximate surface area is 77.4 Å². The van der Waals surface area contributed by atoms with Gasteiger partial charge in [-0.05, 0) is 20.8 Å². The average Bonchev–Trinajstić information content (AvgIpc) is 1.88. The summed E-state index contributed by atoms with van der Waals surface area (Å²) in [5.41, 5.74) is -0.0705. The van der Waals surface area contributed by atoms with E-state index in [0.29, 0.717) is 6.61 Å². The highest BCUT2D eigenvalue weighted by Crippen LogP contribution is 2.08. The molecule has 0 bridgehead atoms. The Bertz CT molecular complexity index is 94.8. The molecule has 0 radical (unpaired) electrons. The van der Waals surface area contributed by atoms with E-state index >= 15 is 0 Å². The van der Waals surface area contributed by atoms with Crippen LogP contribution < -0.4 is 0 Å². The van der Waals surface area contributed by atoms with Gasteiger partial charge in [0, 0.05) is 12.4 Å². The Kier molecular flexibility index (Phi) is 5.30. The van der Waals surface area contributed by atoms with Gasteiger partial charge in [-0.15, -0.1) is 0 Å². The number of rotatable bonds is 4. The second-order valence-electron chi connectivity index (χ2n) is 3.44. The van der Waals surface area contributed by atoms with Gasteiger partial charge in [0.25, 0.3) is 0 Å². The van der Waals surface area contributed by atoms with Crippen LogP contribution in [0.4, 0.5) is 0 Å². The van der Waals surface area contributed by atoms with Crippen molar-refractivity contribution < 1.29 is 9.47 Å². The second-order valence-corrected chi connectivity index (χ2v) is 4.08. The lowest BCUT2D eigenvalue weighted by Crippen LogP contribution is -2.28. The van der Waals surface area contributed by atoms with E-state index in [0.717, 1.165) is 5.33 Å². The van der Waals surface area contributed by atoms with Gasteiger partial charge in [-0.2, -0.15) is 0 Å².